The Morgan fingerprint density at radius 2 is 1.36 bits per heavy atom. The highest BCUT2D eigenvalue weighted by Crippen LogP contribution is 2.48. The summed E-state index contributed by atoms with van der Waals surface area (Å²) >= 11 is 1.45. The molecule has 3 fully saturated rings. The van der Waals surface area contributed by atoms with Gasteiger partial charge >= 0.3 is 18.3 Å². The molecule has 0 N–H and O–H groups in total. The number of unbranched alkanes of at least 4 members (excludes halogenated alkanes) is 3. The fourth-order valence-electron chi connectivity index (χ4n) is 13.7. The number of carbonyl (C=O) groups is 5. The van der Waals surface area contributed by atoms with Crippen LogP contribution in [0.4, 0.5) is 30.7 Å². The average molecular weight is 1380 g/mol. The summed E-state index contributed by atoms with van der Waals surface area (Å²) in [5.41, 5.74) is 1.21. The number of alkyl halides is 6. The molecule has 1 spiro atoms. The lowest BCUT2D eigenvalue weighted by atomic mass is 9.72. The Kier molecular flexibility index (Phi) is 25.9. The van der Waals surface area contributed by atoms with E-state index in [1.807, 2.05) is 67.4 Å². The lowest BCUT2D eigenvalue weighted by Crippen LogP contribution is -2.49. The Morgan fingerprint density at radius 1 is 0.714 bits per heavy atom. The first-order valence-electron chi connectivity index (χ1n) is 34.0. The number of benzene rings is 5. The van der Waals surface area contributed by atoms with E-state index in [0.717, 1.165) is 130 Å². The molecule has 4 heterocycles. The number of hydrogen-bond acceptors (Lipinski definition) is 12. The number of halogens is 7. The first kappa shape index (κ1) is 74.6. The van der Waals surface area contributed by atoms with Crippen LogP contribution in [0.1, 0.15) is 143 Å². The molecule has 1 aromatic heterocycles. The number of nitrogens with zero attached hydrogens (tertiary/aromatic N) is 7. The van der Waals surface area contributed by atoms with Gasteiger partial charge in [0.15, 0.2) is 0 Å². The second kappa shape index (κ2) is 34.0. The van der Waals surface area contributed by atoms with Crippen LogP contribution in [0.2, 0.25) is 0 Å². The topological polar surface area (TPSA) is 145 Å². The number of likely N-dealkylation sites (N-methyl/N-ethyl adjacent to an activating group) is 1. The maximum atomic E-state index is 13.9. The zero-order valence-corrected chi connectivity index (χ0v) is 57.4. The van der Waals surface area contributed by atoms with E-state index in [1.165, 1.54) is 53.7 Å². The number of fused-ring (bicyclic) bond motifs is 2. The van der Waals surface area contributed by atoms with E-state index in [0.29, 0.717) is 68.2 Å². The molecule has 4 aliphatic rings. The van der Waals surface area contributed by atoms with Gasteiger partial charge < -0.3 is 43.6 Å². The van der Waals surface area contributed by atoms with Crippen LogP contribution in [0.15, 0.2) is 128 Å². The van der Waals surface area contributed by atoms with Crippen molar-refractivity contribution < 1.29 is 68.9 Å². The van der Waals surface area contributed by atoms with Crippen LogP contribution in [-0.2, 0) is 71.2 Å². The fourth-order valence-corrected chi connectivity index (χ4v) is 14.7. The summed E-state index contributed by atoms with van der Waals surface area (Å²) in [6.45, 7) is 10.2. The molecule has 1 aliphatic carbocycles. The van der Waals surface area contributed by atoms with Gasteiger partial charge in [-0.2, -0.15) is 26.3 Å². The van der Waals surface area contributed by atoms with E-state index in [-0.39, 0.29) is 67.1 Å². The van der Waals surface area contributed by atoms with Gasteiger partial charge in [0.1, 0.15) is 29.1 Å². The minimum atomic E-state index is -5.09. The lowest BCUT2D eigenvalue weighted by molar-refractivity contribution is -0.150. The molecule has 0 unspecified atom stereocenters. The second-order valence-corrected chi connectivity index (χ2v) is 27.3. The normalized spacial score (nSPS) is 18.0. The molecule has 0 bridgehead atoms. The van der Waals surface area contributed by atoms with Crippen molar-refractivity contribution in [3.05, 3.63) is 182 Å². The van der Waals surface area contributed by atoms with Crippen molar-refractivity contribution in [1.82, 2.24) is 34.4 Å². The van der Waals surface area contributed by atoms with E-state index in [2.05, 4.69) is 45.1 Å². The number of aryl methyl sites for hydroxylation is 1. The number of hydrogen-bond donors (Lipinski definition) is 0. The van der Waals surface area contributed by atoms with Gasteiger partial charge in [0.25, 0.3) is 11.8 Å². The third kappa shape index (κ3) is 19.7. The standard InChI is InChI=1S/C40H55N5O5S.C35H35F7N2O3/c1-31(46)42(2)23-14-24-44(4)40(49)36-30-41-37(51-36)19-10-5-6-11-20-38(47)43(3)27-28-45-25-21-34(22-26-45)50-39(48)29-33-17-12-13-18-35(33)32-15-8-7-9-16-32;1-2-46-30-19-23-5-3-4-6-29(23)32(30)11-14-43(15-12-32)16-13-33(25-7-9-28(36)10-8-25)21-44(22-47-33)31(45)24-17-26(34(37,38)39)20-27(18-24)35(40,41)42/h7-9,12-13,15-18,30,34H,5-6,10-11,14,19-29H2,1-4H3;3-10,17-18,20,30H,2,11-16,19,21-22H2,1H3/t;30-,33-/m.0/s1. The number of rotatable bonds is 26. The Morgan fingerprint density at radius 3 is 2.04 bits per heavy atom. The lowest BCUT2D eigenvalue weighted by Gasteiger charge is -2.44. The molecule has 5 aromatic carbocycles. The molecule has 0 radical (unpaired) electrons. The van der Waals surface area contributed by atoms with Crippen molar-refractivity contribution in [2.24, 2.45) is 0 Å². The Labute approximate surface area is 574 Å². The van der Waals surface area contributed by atoms with Gasteiger partial charge in [-0.05, 0) is 148 Å². The van der Waals surface area contributed by atoms with E-state index >= 15 is 0 Å². The van der Waals surface area contributed by atoms with E-state index in [1.54, 1.807) is 30.1 Å². The summed E-state index contributed by atoms with van der Waals surface area (Å²) < 4.78 is 113. The van der Waals surface area contributed by atoms with Gasteiger partial charge in [0.2, 0.25) is 11.8 Å². The summed E-state index contributed by atoms with van der Waals surface area (Å²) in [5.74, 6) is -1.52. The van der Waals surface area contributed by atoms with Gasteiger partial charge in [-0.15, -0.1) is 11.3 Å². The van der Waals surface area contributed by atoms with Crippen molar-refractivity contribution in [3.63, 3.8) is 0 Å². The number of esters is 1. The molecule has 2 atom stereocenters. The molecule has 528 valence electrons. The Balaban J connectivity index is 0.000000230. The van der Waals surface area contributed by atoms with Crippen molar-refractivity contribution in [1.29, 1.82) is 0 Å². The molecule has 10 rings (SSSR count). The molecule has 6 aromatic rings. The predicted molar refractivity (Wildman–Crippen MR) is 362 cm³/mol. The minimum Gasteiger partial charge on any atom is -0.462 e. The molecular formula is C75H90F7N7O8S. The zero-order chi connectivity index (χ0) is 70.2. The van der Waals surface area contributed by atoms with Gasteiger partial charge in [-0.1, -0.05) is 104 Å². The first-order chi connectivity index (χ1) is 46.8. The molecule has 4 amide bonds. The molecule has 15 nitrogen and oxygen atoms in total. The third-order valence-corrected chi connectivity index (χ3v) is 20.6. The number of amides is 4. The molecule has 3 aliphatic heterocycles. The third-order valence-electron chi connectivity index (χ3n) is 19.6. The molecule has 98 heavy (non-hydrogen) atoms. The minimum absolute atomic E-state index is 0.0103. The van der Waals surface area contributed by atoms with Crippen LogP contribution in [0, 0.1) is 5.82 Å². The van der Waals surface area contributed by atoms with Gasteiger partial charge in [-0.3, -0.25) is 24.0 Å². The van der Waals surface area contributed by atoms with Crippen LogP contribution in [0.3, 0.4) is 0 Å². The Bertz CT molecular complexity index is 3600. The highest BCUT2D eigenvalue weighted by molar-refractivity contribution is 7.13. The first-order valence-corrected chi connectivity index (χ1v) is 34.8. The summed E-state index contributed by atoms with van der Waals surface area (Å²) in [5, 5.41) is 0.964. The van der Waals surface area contributed by atoms with Crippen LogP contribution in [0.5, 0.6) is 0 Å². The summed E-state index contributed by atoms with van der Waals surface area (Å²) in [7, 11) is 5.43. The summed E-state index contributed by atoms with van der Waals surface area (Å²) in [4.78, 5) is 79.1. The maximum absolute atomic E-state index is 13.9. The smallest absolute Gasteiger partial charge is 0.416 e. The summed E-state index contributed by atoms with van der Waals surface area (Å²) in [6, 6.07) is 33.0. The molecular weight excluding hydrogens is 1290 g/mol. The number of ether oxygens (including phenoxy) is 3. The average Bonchev–Trinajstić information content (AvgIpc) is 1.58. The highest BCUT2D eigenvalue weighted by atomic mass is 32.1. The number of carbonyl (C=O) groups excluding carboxylic acids is 5. The van der Waals surface area contributed by atoms with Crippen molar-refractivity contribution >= 4 is 40.9 Å². The van der Waals surface area contributed by atoms with E-state index in [4.69, 9.17) is 14.2 Å². The van der Waals surface area contributed by atoms with Gasteiger partial charge in [-0.25, -0.2) is 9.37 Å². The highest BCUT2D eigenvalue weighted by Gasteiger charge is 2.50. The van der Waals surface area contributed by atoms with Crippen LogP contribution in [-0.4, -0.2) is 176 Å². The SMILES string of the molecule is CC(=O)N(C)CCCN(C)C(=O)c1cnc(CCCCCCC(=O)N(C)CCN2CCC(OC(=O)Cc3ccccc3-c3ccccc3)CC2)s1.CCO[C@H]1Cc2ccccc2C12CCN(CC[C@@]1(c3ccc(F)cc3)CN(C(=O)c3cc(C(F)(F)F)cc(C(F)(F)F)c3)CO1)CC2. The van der Waals surface area contributed by atoms with E-state index in [9.17, 15) is 54.7 Å². The number of aromatic nitrogens is 1. The fraction of sp³-hybridized carbons (Fsp3) is 0.493. The monoisotopic (exact) mass is 1380 g/mol. The molecule has 3 saturated heterocycles. The summed E-state index contributed by atoms with van der Waals surface area (Å²) in [6.07, 6.45) is 2.30. The Hall–Kier alpha value is -7.57. The second-order valence-electron chi connectivity index (χ2n) is 26.2. The van der Waals surface area contributed by atoms with E-state index < -0.39 is 46.4 Å². The zero-order valence-electron chi connectivity index (χ0n) is 56.6. The predicted octanol–water partition coefficient (Wildman–Crippen LogP) is 13.5. The van der Waals surface area contributed by atoms with Crippen LogP contribution >= 0.6 is 11.3 Å². The van der Waals surface area contributed by atoms with Crippen molar-refractivity contribution in [3.8, 4) is 11.1 Å². The number of piperidine rings is 2. The number of thiazole rings is 1. The quantitative estimate of drug-likeness (QED) is 0.0291. The molecule has 0 saturated carbocycles. The van der Waals surface area contributed by atoms with Crippen LogP contribution in [0.25, 0.3) is 11.1 Å². The van der Waals surface area contributed by atoms with Crippen LogP contribution < -0.4 is 0 Å². The van der Waals surface area contributed by atoms with Gasteiger partial charge in [0.05, 0.1) is 41.4 Å². The largest absolute Gasteiger partial charge is 0.462 e. The maximum Gasteiger partial charge on any atom is 0.416 e. The van der Waals surface area contributed by atoms with Gasteiger partial charge in [0, 0.05) is 97.9 Å². The van der Waals surface area contributed by atoms with Crippen molar-refractivity contribution in [2.45, 2.75) is 139 Å². The number of likely N-dealkylation sites (tertiary alicyclic amines) is 2. The van der Waals surface area contributed by atoms with Crippen molar-refractivity contribution in [2.75, 3.05) is 99.9 Å². The molecule has 23 heteroatoms.